The number of hydrogen-bond acceptors (Lipinski definition) is 4. The van der Waals surface area contributed by atoms with E-state index in [0.717, 1.165) is 25.7 Å². The van der Waals surface area contributed by atoms with Crippen LogP contribution in [0.2, 0.25) is 0 Å². The molecule has 3 unspecified atom stereocenters. The smallest absolute Gasteiger partial charge is 0.258 e. The zero-order valence-electron chi connectivity index (χ0n) is 19.1. The number of nitrogens with zero attached hydrogens (tertiary/aromatic N) is 2. The maximum Gasteiger partial charge on any atom is 0.258 e. The lowest BCUT2D eigenvalue weighted by molar-refractivity contribution is -0.139. The van der Waals surface area contributed by atoms with Crippen molar-refractivity contribution in [2.45, 2.75) is 71.0 Å². The van der Waals surface area contributed by atoms with Crippen molar-refractivity contribution in [1.29, 1.82) is 0 Å². The summed E-state index contributed by atoms with van der Waals surface area (Å²) in [7, 11) is 1.55. The first-order valence-electron chi connectivity index (χ1n) is 11.4. The van der Waals surface area contributed by atoms with Crippen LogP contribution in [0.15, 0.2) is 24.3 Å². The normalized spacial score (nSPS) is 22.7. The number of carbonyl (C=O) groups is 3. The molecule has 7 heteroatoms. The standard InChI is InChI=1S/C24H35N3O4/c1-5-26(15-22(28)25-16(2)3)24(30)20-14-17-10-6-8-12-19(17)27(20)23(29)18-11-7-9-13-21(18)31-4/h7,9,11,13,16-17,19-20H,5-6,8,10,12,14-15H2,1-4H3,(H,25,28). The van der Waals surface area contributed by atoms with Crippen LogP contribution in [0, 0.1) is 5.92 Å². The molecule has 1 aromatic carbocycles. The molecule has 3 amide bonds. The fourth-order valence-electron chi connectivity index (χ4n) is 5.03. The van der Waals surface area contributed by atoms with Crippen LogP contribution in [0.25, 0.3) is 0 Å². The van der Waals surface area contributed by atoms with Crippen LogP contribution < -0.4 is 10.1 Å². The van der Waals surface area contributed by atoms with Crippen LogP contribution in [0.1, 0.15) is 63.2 Å². The number of amides is 3. The number of hydrogen-bond donors (Lipinski definition) is 1. The molecule has 3 atom stereocenters. The summed E-state index contributed by atoms with van der Waals surface area (Å²) in [5.74, 6) is 0.362. The van der Waals surface area contributed by atoms with Gasteiger partial charge in [0.25, 0.3) is 5.91 Å². The Labute approximate surface area is 185 Å². The minimum absolute atomic E-state index is 0.00996. The van der Waals surface area contributed by atoms with E-state index < -0.39 is 6.04 Å². The molecule has 170 valence electrons. The fourth-order valence-corrected chi connectivity index (χ4v) is 5.03. The highest BCUT2D eigenvalue weighted by Crippen LogP contribution is 2.41. The molecule has 2 fully saturated rings. The van der Waals surface area contributed by atoms with E-state index in [-0.39, 0.29) is 36.3 Å². The Kier molecular flexibility index (Phi) is 7.57. The third-order valence-electron chi connectivity index (χ3n) is 6.42. The first-order valence-corrected chi connectivity index (χ1v) is 11.4. The van der Waals surface area contributed by atoms with Gasteiger partial charge in [0.1, 0.15) is 11.8 Å². The molecule has 0 aromatic heterocycles. The van der Waals surface area contributed by atoms with Crippen LogP contribution >= 0.6 is 0 Å². The maximum atomic E-state index is 13.7. The molecule has 1 aromatic rings. The molecule has 31 heavy (non-hydrogen) atoms. The van der Waals surface area contributed by atoms with Crippen LogP contribution in [0.5, 0.6) is 5.75 Å². The average Bonchev–Trinajstić information content (AvgIpc) is 3.15. The number of likely N-dealkylation sites (N-methyl/N-ethyl adjacent to an activating group) is 1. The number of carbonyl (C=O) groups excluding carboxylic acids is 3. The molecular weight excluding hydrogens is 394 g/mol. The first-order chi connectivity index (χ1) is 14.9. The van der Waals surface area contributed by atoms with Gasteiger partial charge in [0.15, 0.2) is 0 Å². The number of likely N-dealkylation sites (tertiary alicyclic amines) is 1. The molecule has 1 N–H and O–H groups in total. The third-order valence-corrected chi connectivity index (χ3v) is 6.42. The Bertz CT molecular complexity index is 810. The van der Waals surface area contributed by atoms with Gasteiger partial charge in [-0.05, 0) is 58.1 Å². The highest BCUT2D eigenvalue weighted by atomic mass is 16.5. The summed E-state index contributed by atoms with van der Waals surface area (Å²) in [6.07, 6.45) is 4.80. The van der Waals surface area contributed by atoms with E-state index in [4.69, 9.17) is 4.74 Å². The predicted octanol–water partition coefficient (Wildman–Crippen LogP) is 2.84. The molecule has 7 nitrogen and oxygen atoms in total. The van der Waals surface area contributed by atoms with Gasteiger partial charge < -0.3 is 19.9 Å². The zero-order chi connectivity index (χ0) is 22.5. The summed E-state index contributed by atoms with van der Waals surface area (Å²) in [6, 6.07) is 6.70. The molecule has 1 heterocycles. The predicted molar refractivity (Wildman–Crippen MR) is 119 cm³/mol. The zero-order valence-corrected chi connectivity index (χ0v) is 19.1. The summed E-state index contributed by atoms with van der Waals surface area (Å²) in [5, 5.41) is 2.85. The number of benzene rings is 1. The molecule has 1 saturated carbocycles. The lowest BCUT2D eigenvalue weighted by Gasteiger charge is -2.35. The Morgan fingerprint density at radius 2 is 1.90 bits per heavy atom. The summed E-state index contributed by atoms with van der Waals surface area (Å²) in [5.41, 5.74) is 0.481. The number of fused-ring (bicyclic) bond motifs is 1. The molecule has 0 bridgehead atoms. The average molecular weight is 430 g/mol. The molecule has 2 aliphatic rings. The van der Waals surface area contributed by atoms with Gasteiger partial charge in [0.2, 0.25) is 11.8 Å². The van der Waals surface area contributed by atoms with E-state index in [9.17, 15) is 14.4 Å². The number of rotatable bonds is 7. The Morgan fingerprint density at radius 3 is 2.58 bits per heavy atom. The van der Waals surface area contributed by atoms with Gasteiger partial charge in [-0.15, -0.1) is 0 Å². The Balaban J connectivity index is 1.88. The van der Waals surface area contributed by atoms with Crippen molar-refractivity contribution >= 4 is 17.7 Å². The minimum Gasteiger partial charge on any atom is -0.496 e. The summed E-state index contributed by atoms with van der Waals surface area (Å²) in [6.45, 7) is 6.09. The summed E-state index contributed by atoms with van der Waals surface area (Å²) < 4.78 is 5.42. The van der Waals surface area contributed by atoms with Crippen molar-refractivity contribution < 1.29 is 19.1 Å². The van der Waals surface area contributed by atoms with Crippen LogP contribution in [-0.2, 0) is 9.59 Å². The van der Waals surface area contributed by atoms with E-state index in [0.29, 0.717) is 30.2 Å². The van der Waals surface area contributed by atoms with Crippen molar-refractivity contribution in [3.8, 4) is 5.75 Å². The van der Waals surface area contributed by atoms with E-state index in [1.807, 2.05) is 32.9 Å². The van der Waals surface area contributed by atoms with Gasteiger partial charge in [-0.2, -0.15) is 0 Å². The van der Waals surface area contributed by atoms with Gasteiger partial charge in [-0.25, -0.2) is 0 Å². The quantitative estimate of drug-likeness (QED) is 0.723. The van der Waals surface area contributed by atoms with E-state index in [1.54, 1.807) is 29.0 Å². The highest BCUT2D eigenvalue weighted by Gasteiger charge is 2.48. The summed E-state index contributed by atoms with van der Waals surface area (Å²) in [4.78, 5) is 42.9. The van der Waals surface area contributed by atoms with Gasteiger partial charge in [0.05, 0.1) is 19.2 Å². The molecular formula is C24H35N3O4. The summed E-state index contributed by atoms with van der Waals surface area (Å²) >= 11 is 0. The minimum atomic E-state index is -0.544. The van der Waals surface area contributed by atoms with Crippen LogP contribution in [0.3, 0.4) is 0 Å². The molecule has 1 saturated heterocycles. The molecule has 3 rings (SSSR count). The van der Waals surface area contributed by atoms with Crippen molar-refractivity contribution in [3.63, 3.8) is 0 Å². The molecule has 0 radical (unpaired) electrons. The molecule has 1 aliphatic heterocycles. The SMILES string of the molecule is CCN(CC(=O)NC(C)C)C(=O)C1CC2CCCCC2N1C(=O)c1ccccc1OC. The first kappa shape index (κ1) is 23.1. The number of para-hydroxylation sites is 1. The van der Waals surface area contributed by atoms with Crippen LogP contribution in [-0.4, -0.2) is 65.8 Å². The molecule has 0 spiro atoms. The van der Waals surface area contributed by atoms with E-state index in [1.165, 1.54) is 0 Å². The van der Waals surface area contributed by atoms with Gasteiger partial charge in [-0.1, -0.05) is 25.0 Å². The van der Waals surface area contributed by atoms with Crippen LogP contribution in [0.4, 0.5) is 0 Å². The van der Waals surface area contributed by atoms with Gasteiger partial charge >= 0.3 is 0 Å². The third kappa shape index (κ3) is 5.02. The monoisotopic (exact) mass is 429 g/mol. The van der Waals surface area contributed by atoms with Crippen molar-refractivity contribution in [2.75, 3.05) is 20.2 Å². The lowest BCUT2D eigenvalue weighted by Crippen LogP contribution is -2.52. The lowest BCUT2D eigenvalue weighted by atomic mass is 9.84. The van der Waals surface area contributed by atoms with E-state index >= 15 is 0 Å². The second-order valence-electron chi connectivity index (χ2n) is 8.85. The molecule has 1 aliphatic carbocycles. The van der Waals surface area contributed by atoms with Gasteiger partial charge in [-0.3, -0.25) is 14.4 Å². The topological polar surface area (TPSA) is 79.0 Å². The number of nitrogens with one attached hydrogen (secondary N) is 1. The number of methoxy groups -OCH3 is 1. The maximum absolute atomic E-state index is 13.7. The number of ether oxygens (including phenoxy) is 1. The second-order valence-corrected chi connectivity index (χ2v) is 8.85. The van der Waals surface area contributed by atoms with Crippen molar-refractivity contribution in [1.82, 2.24) is 15.1 Å². The van der Waals surface area contributed by atoms with Crippen molar-refractivity contribution in [2.24, 2.45) is 5.92 Å². The largest absolute Gasteiger partial charge is 0.496 e. The fraction of sp³-hybridized carbons (Fsp3) is 0.625. The Hall–Kier alpha value is -2.57. The van der Waals surface area contributed by atoms with Gasteiger partial charge in [0, 0.05) is 18.6 Å². The highest BCUT2D eigenvalue weighted by molar-refractivity contribution is 6.00. The van der Waals surface area contributed by atoms with Crippen molar-refractivity contribution in [3.05, 3.63) is 29.8 Å². The van der Waals surface area contributed by atoms with E-state index in [2.05, 4.69) is 5.32 Å². The Morgan fingerprint density at radius 1 is 1.19 bits per heavy atom. The second kappa shape index (κ2) is 10.2.